The Kier molecular flexibility index (Phi) is 7.15. The van der Waals surface area contributed by atoms with Crippen LogP contribution in [0.1, 0.15) is 36.8 Å². The highest BCUT2D eigenvalue weighted by Gasteiger charge is 2.54. The van der Waals surface area contributed by atoms with Crippen LogP contribution in [-0.2, 0) is 24.2 Å². The summed E-state index contributed by atoms with van der Waals surface area (Å²) in [6.07, 6.45) is 1.51. The molecule has 0 atom stereocenters. The van der Waals surface area contributed by atoms with Gasteiger partial charge in [0.05, 0.1) is 17.0 Å². The van der Waals surface area contributed by atoms with Gasteiger partial charge >= 0.3 is 5.97 Å². The Morgan fingerprint density at radius 1 is 1.09 bits per heavy atom. The summed E-state index contributed by atoms with van der Waals surface area (Å²) in [6.45, 7) is 2.90. The highest BCUT2D eigenvalue weighted by Crippen LogP contribution is 2.42. The van der Waals surface area contributed by atoms with E-state index >= 15 is 0 Å². The second kappa shape index (κ2) is 9.50. The molecule has 0 bridgehead atoms. The van der Waals surface area contributed by atoms with Gasteiger partial charge < -0.3 is 14.8 Å². The molecule has 0 heterocycles. The van der Waals surface area contributed by atoms with Gasteiger partial charge in [-0.05, 0) is 62.1 Å². The van der Waals surface area contributed by atoms with Crippen LogP contribution in [0.15, 0.2) is 41.3 Å². The number of ether oxygens (including phenoxy) is 2. The summed E-state index contributed by atoms with van der Waals surface area (Å²) in [6, 6.07) is 9.82. The number of esters is 1. The molecule has 2 aromatic carbocycles. The molecule has 0 unspecified atom stereocenters. The number of hydrogen-bond donors (Lipinski definition) is 1. The quantitative estimate of drug-likeness (QED) is 0.596. The molecule has 1 aliphatic carbocycles. The third-order valence-corrected chi connectivity index (χ3v) is 8.62. The average Bonchev–Trinajstić information content (AvgIpc) is 3.26. The van der Waals surface area contributed by atoms with E-state index in [9.17, 15) is 18.0 Å². The number of rotatable bonds is 7. The first kappa shape index (κ1) is 24.1. The Bertz CT molecular complexity index is 1140. The maximum absolute atomic E-state index is 13.6. The molecule has 1 aliphatic rings. The van der Waals surface area contributed by atoms with Crippen molar-refractivity contribution in [3.05, 3.63) is 52.5 Å². The summed E-state index contributed by atoms with van der Waals surface area (Å²) in [5, 5.41) is 2.89. The van der Waals surface area contributed by atoms with Crippen LogP contribution in [0.2, 0.25) is 5.02 Å². The van der Waals surface area contributed by atoms with Crippen molar-refractivity contribution in [2.24, 2.45) is 0 Å². The number of sulfone groups is 1. The minimum absolute atomic E-state index is 0.133. The van der Waals surface area contributed by atoms with Crippen molar-refractivity contribution in [2.45, 2.75) is 49.2 Å². The number of anilines is 1. The van der Waals surface area contributed by atoms with E-state index in [4.69, 9.17) is 21.1 Å². The third kappa shape index (κ3) is 4.61. The van der Waals surface area contributed by atoms with Gasteiger partial charge in [-0.15, -0.1) is 0 Å². The highest BCUT2D eigenvalue weighted by molar-refractivity contribution is 7.93. The highest BCUT2D eigenvalue weighted by atomic mass is 35.5. The Hall–Kier alpha value is -2.58. The fraction of sp³-hybridized carbons (Fsp3) is 0.391. The predicted molar refractivity (Wildman–Crippen MR) is 122 cm³/mol. The van der Waals surface area contributed by atoms with E-state index in [0.29, 0.717) is 34.9 Å². The fourth-order valence-electron chi connectivity index (χ4n) is 3.94. The molecule has 32 heavy (non-hydrogen) atoms. The second-order valence-corrected chi connectivity index (χ2v) is 10.6. The van der Waals surface area contributed by atoms with E-state index in [1.165, 1.54) is 13.2 Å². The van der Waals surface area contributed by atoms with Gasteiger partial charge in [-0.2, -0.15) is 0 Å². The average molecular weight is 480 g/mol. The number of carbonyl (C=O) groups excluding carboxylic acids is 2. The summed E-state index contributed by atoms with van der Waals surface area (Å²) in [5.74, 6) is -1.04. The predicted octanol–water partition coefficient (Wildman–Crippen LogP) is 4.23. The maximum atomic E-state index is 13.6. The number of nitrogens with one attached hydrogen (secondary N) is 1. The van der Waals surface area contributed by atoms with Crippen molar-refractivity contribution < 1.29 is 27.5 Å². The van der Waals surface area contributed by atoms with E-state index in [-0.39, 0.29) is 17.7 Å². The van der Waals surface area contributed by atoms with Crippen LogP contribution in [0.4, 0.5) is 5.69 Å². The first-order valence-corrected chi connectivity index (χ1v) is 12.1. The van der Waals surface area contributed by atoms with Crippen LogP contribution < -0.4 is 10.1 Å². The molecule has 3 rings (SSSR count). The van der Waals surface area contributed by atoms with Crippen molar-refractivity contribution in [2.75, 3.05) is 19.0 Å². The van der Waals surface area contributed by atoms with Crippen LogP contribution in [0.5, 0.6) is 5.75 Å². The van der Waals surface area contributed by atoms with E-state index in [2.05, 4.69) is 5.32 Å². The second-order valence-electron chi connectivity index (χ2n) is 7.95. The minimum Gasteiger partial charge on any atom is -0.495 e. The number of methoxy groups -OCH3 is 1. The van der Waals surface area contributed by atoms with E-state index in [0.717, 1.165) is 5.56 Å². The molecule has 0 aliphatic heterocycles. The molecule has 0 spiro atoms. The van der Waals surface area contributed by atoms with Crippen LogP contribution in [0.3, 0.4) is 0 Å². The number of halogens is 1. The van der Waals surface area contributed by atoms with Crippen molar-refractivity contribution in [1.82, 2.24) is 0 Å². The minimum atomic E-state index is -4.01. The van der Waals surface area contributed by atoms with E-state index < -0.39 is 33.1 Å². The topological polar surface area (TPSA) is 98.8 Å². The van der Waals surface area contributed by atoms with Crippen molar-refractivity contribution in [3.63, 3.8) is 0 Å². The van der Waals surface area contributed by atoms with Crippen LogP contribution in [0, 0.1) is 13.8 Å². The largest absolute Gasteiger partial charge is 0.495 e. The number of benzene rings is 2. The van der Waals surface area contributed by atoms with Gasteiger partial charge in [-0.1, -0.05) is 36.6 Å². The lowest BCUT2D eigenvalue weighted by Crippen LogP contribution is -2.46. The third-order valence-electron chi connectivity index (χ3n) is 5.70. The van der Waals surface area contributed by atoms with Crippen LogP contribution in [-0.4, -0.2) is 38.8 Å². The van der Waals surface area contributed by atoms with Gasteiger partial charge in [0.15, 0.2) is 21.2 Å². The molecule has 0 radical (unpaired) electrons. The van der Waals surface area contributed by atoms with E-state index in [1.807, 2.05) is 6.07 Å². The lowest BCUT2D eigenvalue weighted by Gasteiger charge is -2.27. The van der Waals surface area contributed by atoms with Gasteiger partial charge in [-0.25, -0.2) is 8.42 Å². The number of hydrogen-bond acceptors (Lipinski definition) is 6. The summed E-state index contributed by atoms with van der Waals surface area (Å²) in [4.78, 5) is 25.5. The zero-order valence-corrected chi connectivity index (χ0v) is 19.8. The zero-order valence-electron chi connectivity index (χ0n) is 18.2. The summed E-state index contributed by atoms with van der Waals surface area (Å²) in [7, 11) is -2.53. The lowest BCUT2D eigenvalue weighted by molar-refractivity contribution is -0.149. The SMILES string of the molecule is COc1ccc(NC(=O)COC(=O)C2(S(=O)(=O)c3cc(C)ccc3C)CCCC2)cc1Cl. The molecule has 2 aromatic rings. The molecule has 0 aromatic heterocycles. The summed E-state index contributed by atoms with van der Waals surface area (Å²) < 4.78 is 35.8. The first-order chi connectivity index (χ1) is 15.1. The van der Waals surface area contributed by atoms with Crippen molar-refractivity contribution in [1.29, 1.82) is 0 Å². The van der Waals surface area contributed by atoms with Crippen LogP contribution >= 0.6 is 11.6 Å². The Morgan fingerprint density at radius 3 is 2.41 bits per heavy atom. The maximum Gasteiger partial charge on any atom is 0.328 e. The lowest BCUT2D eigenvalue weighted by atomic mass is 10.1. The fourth-order valence-corrected chi connectivity index (χ4v) is 6.56. The molecular weight excluding hydrogens is 454 g/mol. The van der Waals surface area contributed by atoms with E-state index in [1.54, 1.807) is 38.1 Å². The van der Waals surface area contributed by atoms with Crippen molar-refractivity contribution >= 4 is 39.0 Å². The molecule has 7 nitrogen and oxygen atoms in total. The molecule has 1 N–H and O–H groups in total. The van der Waals surface area contributed by atoms with Crippen molar-refractivity contribution in [3.8, 4) is 5.75 Å². The Labute approximate surface area is 193 Å². The number of aryl methyl sites for hydroxylation is 2. The Morgan fingerprint density at radius 2 is 1.78 bits per heavy atom. The molecule has 0 saturated heterocycles. The zero-order chi connectivity index (χ0) is 23.5. The molecule has 9 heteroatoms. The smallest absolute Gasteiger partial charge is 0.328 e. The van der Waals surface area contributed by atoms with Gasteiger partial charge in [0.1, 0.15) is 5.75 Å². The van der Waals surface area contributed by atoms with Crippen LogP contribution in [0.25, 0.3) is 0 Å². The van der Waals surface area contributed by atoms with Gasteiger partial charge in [0.2, 0.25) is 0 Å². The van der Waals surface area contributed by atoms with Gasteiger partial charge in [-0.3, -0.25) is 9.59 Å². The normalized spacial score (nSPS) is 15.2. The molecular formula is C23H26ClNO6S. The monoisotopic (exact) mass is 479 g/mol. The molecule has 1 saturated carbocycles. The standard InChI is InChI=1S/C23H26ClNO6S/c1-15-6-7-16(2)20(12-15)32(28,29)23(10-4-5-11-23)22(27)31-14-21(26)25-17-8-9-19(30-3)18(24)13-17/h6-9,12-13H,4-5,10-11,14H2,1-3H3,(H,25,26). The summed E-state index contributed by atoms with van der Waals surface area (Å²) >= 11 is 6.05. The number of amides is 1. The Balaban J connectivity index is 1.76. The first-order valence-electron chi connectivity index (χ1n) is 10.2. The number of carbonyl (C=O) groups is 2. The molecule has 1 fully saturated rings. The molecule has 172 valence electrons. The summed E-state index contributed by atoms with van der Waals surface area (Å²) in [5.41, 5.74) is 1.76. The van der Waals surface area contributed by atoms with Gasteiger partial charge in [0.25, 0.3) is 5.91 Å². The molecule has 1 amide bonds. The van der Waals surface area contributed by atoms with Gasteiger partial charge in [0, 0.05) is 5.69 Å².